The second kappa shape index (κ2) is 3.53. The smallest absolute Gasteiger partial charge is 0.240 e. The summed E-state index contributed by atoms with van der Waals surface area (Å²) in [5, 5.41) is -1.33. The second-order valence-corrected chi connectivity index (χ2v) is 2.13. The van der Waals surface area contributed by atoms with Gasteiger partial charge in [-0.3, -0.25) is 4.79 Å². The van der Waals surface area contributed by atoms with Crippen molar-refractivity contribution in [3.63, 3.8) is 0 Å². The average molecular weight is 161 g/mol. The summed E-state index contributed by atoms with van der Waals surface area (Å²) in [5.74, 6) is 0.0733. The van der Waals surface area contributed by atoms with Crippen LogP contribution in [0.4, 0.5) is 0 Å². The van der Waals surface area contributed by atoms with Crippen LogP contribution in [0.1, 0.15) is 0 Å². The molecule has 0 radical (unpaired) electrons. The van der Waals surface area contributed by atoms with E-state index >= 15 is 0 Å². The van der Waals surface area contributed by atoms with Crippen molar-refractivity contribution in [3.8, 4) is 0 Å². The molecule has 0 fully saturated rings. The topological polar surface area (TPSA) is 17.1 Å². The second-order valence-electron chi connectivity index (χ2n) is 0.926. The van der Waals surface area contributed by atoms with Gasteiger partial charge in [-0.25, -0.2) is 0 Å². The van der Waals surface area contributed by atoms with Crippen LogP contribution in [0.5, 0.6) is 0 Å². The van der Waals surface area contributed by atoms with Crippen LogP contribution >= 0.6 is 34.8 Å². The predicted octanol–water partition coefficient (Wildman–Crippen LogP) is 1.60. The van der Waals surface area contributed by atoms with Gasteiger partial charge in [0, 0.05) is 5.88 Å². The van der Waals surface area contributed by atoms with Crippen molar-refractivity contribution >= 4 is 40.0 Å². The third kappa shape index (κ3) is 3.15. The third-order valence-electron chi connectivity index (χ3n) is 0.382. The van der Waals surface area contributed by atoms with Gasteiger partial charge in [0.15, 0.2) is 0 Å². The van der Waals surface area contributed by atoms with E-state index in [0.717, 1.165) is 0 Å². The molecular weight excluding hydrogens is 158 g/mol. The molecule has 0 unspecified atom stereocenters. The number of halogens is 3. The van der Waals surface area contributed by atoms with Crippen molar-refractivity contribution in [2.24, 2.45) is 0 Å². The normalized spacial score (nSPS) is 13.6. The Labute approximate surface area is 56.5 Å². The molecule has 0 heterocycles. The van der Waals surface area contributed by atoms with Crippen molar-refractivity contribution in [1.82, 2.24) is 0 Å². The fraction of sp³-hybridized carbons (Fsp3) is 0.667. The van der Waals surface area contributed by atoms with Crippen LogP contribution in [0.15, 0.2) is 0 Å². The lowest BCUT2D eigenvalue weighted by Crippen LogP contribution is -2.08. The fourth-order valence-electron chi connectivity index (χ4n) is 0.0607. The molecule has 0 N–H and O–H groups in total. The molecule has 0 bridgehead atoms. The SMILES string of the molecule is O=C(Cl)[C@@H](Cl)CCl. The molecule has 0 aliphatic carbocycles. The summed E-state index contributed by atoms with van der Waals surface area (Å²) in [6, 6.07) is 0. The molecular formula is C3H3Cl3O. The van der Waals surface area contributed by atoms with E-state index in [-0.39, 0.29) is 5.88 Å². The first-order chi connectivity index (χ1) is 3.18. The number of carbonyl (C=O) groups excluding carboxylic acids is 1. The summed E-state index contributed by atoms with van der Waals surface area (Å²) >= 11 is 15.2. The zero-order valence-electron chi connectivity index (χ0n) is 3.33. The van der Waals surface area contributed by atoms with E-state index in [2.05, 4.69) is 0 Å². The molecule has 0 aromatic heterocycles. The molecule has 0 aliphatic rings. The quantitative estimate of drug-likeness (QED) is 0.444. The number of hydrogen-bond acceptors (Lipinski definition) is 1. The highest BCUT2D eigenvalue weighted by Crippen LogP contribution is 2.01. The Bertz CT molecular complexity index is 72.6. The van der Waals surface area contributed by atoms with Crippen molar-refractivity contribution in [2.75, 3.05) is 5.88 Å². The highest BCUT2D eigenvalue weighted by molar-refractivity contribution is 6.69. The van der Waals surface area contributed by atoms with Gasteiger partial charge in [-0.1, -0.05) is 0 Å². The Morgan fingerprint density at radius 1 is 1.71 bits per heavy atom. The summed E-state index contributed by atoms with van der Waals surface area (Å²) in [6.45, 7) is 0. The van der Waals surface area contributed by atoms with Crippen LogP contribution in [-0.4, -0.2) is 16.5 Å². The maximum Gasteiger partial charge on any atom is 0.240 e. The van der Waals surface area contributed by atoms with E-state index in [0.29, 0.717) is 0 Å². The van der Waals surface area contributed by atoms with Crippen molar-refractivity contribution < 1.29 is 4.79 Å². The molecule has 1 atom stereocenters. The van der Waals surface area contributed by atoms with Gasteiger partial charge in [0.25, 0.3) is 0 Å². The molecule has 0 aliphatic heterocycles. The van der Waals surface area contributed by atoms with Gasteiger partial charge < -0.3 is 0 Å². The first-order valence-corrected chi connectivity index (χ1v) is 2.92. The van der Waals surface area contributed by atoms with Crippen LogP contribution < -0.4 is 0 Å². The van der Waals surface area contributed by atoms with Crippen LogP contribution in [0.2, 0.25) is 0 Å². The van der Waals surface area contributed by atoms with E-state index in [9.17, 15) is 4.79 Å². The highest BCUT2D eigenvalue weighted by Gasteiger charge is 2.08. The monoisotopic (exact) mass is 160 g/mol. The minimum atomic E-state index is -0.733. The van der Waals surface area contributed by atoms with E-state index in [1.807, 2.05) is 0 Å². The summed E-state index contributed by atoms with van der Waals surface area (Å²) < 4.78 is 0. The van der Waals surface area contributed by atoms with Gasteiger partial charge in [-0.2, -0.15) is 0 Å². The van der Waals surface area contributed by atoms with Gasteiger partial charge >= 0.3 is 0 Å². The average Bonchev–Trinajstić information content (AvgIpc) is 1.65. The van der Waals surface area contributed by atoms with E-state index in [1.54, 1.807) is 0 Å². The van der Waals surface area contributed by atoms with Crippen molar-refractivity contribution in [2.45, 2.75) is 5.38 Å². The van der Waals surface area contributed by atoms with Gasteiger partial charge in [-0.05, 0) is 11.6 Å². The summed E-state index contributed by atoms with van der Waals surface area (Å²) in [4.78, 5) is 9.92. The Kier molecular flexibility index (Phi) is 3.80. The third-order valence-corrected chi connectivity index (χ3v) is 1.58. The summed E-state index contributed by atoms with van der Waals surface area (Å²) in [7, 11) is 0. The molecule has 4 heteroatoms. The Balaban J connectivity index is 3.34. The van der Waals surface area contributed by atoms with Crippen LogP contribution in [0.3, 0.4) is 0 Å². The molecule has 0 aromatic rings. The van der Waals surface area contributed by atoms with Gasteiger partial charge in [0.1, 0.15) is 5.38 Å². The molecule has 0 saturated carbocycles. The van der Waals surface area contributed by atoms with Crippen molar-refractivity contribution in [1.29, 1.82) is 0 Å². The first kappa shape index (κ1) is 7.54. The molecule has 0 spiro atoms. The Morgan fingerprint density at radius 2 is 2.14 bits per heavy atom. The zero-order chi connectivity index (χ0) is 5.86. The van der Waals surface area contributed by atoms with E-state index in [1.165, 1.54) is 0 Å². The first-order valence-electron chi connectivity index (χ1n) is 1.58. The Hall–Kier alpha value is 0.540. The minimum absolute atomic E-state index is 0.0733. The number of alkyl halides is 2. The molecule has 7 heavy (non-hydrogen) atoms. The van der Waals surface area contributed by atoms with Gasteiger partial charge in [-0.15, -0.1) is 23.2 Å². The molecule has 0 rings (SSSR count). The van der Waals surface area contributed by atoms with Crippen LogP contribution in [0.25, 0.3) is 0 Å². The molecule has 0 saturated heterocycles. The van der Waals surface area contributed by atoms with Crippen LogP contribution in [0, 0.1) is 0 Å². The van der Waals surface area contributed by atoms with Gasteiger partial charge in [0.05, 0.1) is 0 Å². The fourth-order valence-corrected chi connectivity index (χ4v) is 0.357. The highest BCUT2D eigenvalue weighted by atomic mass is 35.5. The molecule has 42 valence electrons. The van der Waals surface area contributed by atoms with E-state index < -0.39 is 10.6 Å². The lowest BCUT2D eigenvalue weighted by atomic mass is 10.5. The molecule has 0 amide bonds. The summed E-state index contributed by atoms with van der Waals surface area (Å²) in [5.41, 5.74) is 0. The Morgan fingerprint density at radius 3 is 2.14 bits per heavy atom. The van der Waals surface area contributed by atoms with Crippen LogP contribution in [-0.2, 0) is 4.79 Å². The standard InChI is InChI=1S/C3H3Cl3O/c4-1-2(5)3(6)7/h2H,1H2/t2-/m0/s1. The maximum absolute atomic E-state index is 9.92. The summed E-state index contributed by atoms with van der Waals surface area (Å²) in [6.07, 6.45) is 0. The number of rotatable bonds is 2. The largest absolute Gasteiger partial charge is 0.280 e. The molecule has 1 nitrogen and oxygen atoms in total. The number of hydrogen-bond donors (Lipinski definition) is 0. The van der Waals surface area contributed by atoms with Crippen molar-refractivity contribution in [3.05, 3.63) is 0 Å². The van der Waals surface area contributed by atoms with E-state index in [4.69, 9.17) is 34.8 Å². The lowest BCUT2D eigenvalue weighted by molar-refractivity contribution is -0.111. The number of carbonyl (C=O) groups is 1. The zero-order valence-corrected chi connectivity index (χ0v) is 5.59. The maximum atomic E-state index is 9.92. The predicted molar refractivity (Wildman–Crippen MR) is 31.2 cm³/mol. The van der Waals surface area contributed by atoms with Gasteiger partial charge in [0.2, 0.25) is 5.24 Å². The minimum Gasteiger partial charge on any atom is -0.280 e. The lowest BCUT2D eigenvalue weighted by Gasteiger charge is -1.91. The molecule has 0 aromatic carbocycles.